The van der Waals surface area contributed by atoms with E-state index in [1.807, 2.05) is 7.11 Å². The van der Waals surface area contributed by atoms with Gasteiger partial charge in [-0.1, -0.05) is 12.2 Å². The highest BCUT2D eigenvalue weighted by Gasteiger charge is 2.44. The van der Waals surface area contributed by atoms with Crippen molar-refractivity contribution in [3.8, 4) is 0 Å². The molecule has 4 atom stereocenters. The van der Waals surface area contributed by atoms with Crippen LogP contribution in [0, 0.1) is 17.8 Å². The molecule has 0 saturated heterocycles. The summed E-state index contributed by atoms with van der Waals surface area (Å²) in [5.74, 6) is 1.95. The zero-order chi connectivity index (χ0) is 8.55. The first kappa shape index (κ1) is 8.27. The van der Waals surface area contributed by atoms with Crippen LogP contribution in [-0.4, -0.2) is 26.9 Å². The minimum Gasteiger partial charge on any atom is -0.384 e. The molecule has 2 aliphatic carbocycles. The maximum Gasteiger partial charge on any atom is 0.0689 e. The molecule has 2 nitrogen and oxygen atoms in total. The minimum atomic E-state index is 0.403. The standard InChI is InChI=1S/C10H16O2/c1-11-6-9-7-3-4-8(5-7)10(9)12-2/h3-4,7-10H,5-6H2,1-2H3. The highest BCUT2D eigenvalue weighted by molar-refractivity contribution is 5.14. The average molecular weight is 168 g/mol. The Morgan fingerprint density at radius 2 is 2.00 bits per heavy atom. The maximum absolute atomic E-state index is 5.48. The van der Waals surface area contributed by atoms with Crippen LogP contribution in [0.15, 0.2) is 12.2 Å². The first-order valence-electron chi connectivity index (χ1n) is 4.57. The molecule has 1 fully saturated rings. The molecular formula is C10H16O2. The van der Waals surface area contributed by atoms with Crippen LogP contribution in [0.3, 0.4) is 0 Å². The van der Waals surface area contributed by atoms with Gasteiger partial charge in [0, 0.05) is 26.1 Å². The Morgan fingerprint density at radius 3 is 2.67 bits per heavy atom. The van der Waals surface area contributed by atoms with Gasteiger partial charge in [0.25, 0.3) is 0 Å². The van der Waals surface area contributed by atoms with E-state index in [1.54, 1.807) is 7.11 Å². The van der Waals surface area contributed by atoms with Gasteiger partial charge in [0.05, 0.1) is 12.7 Å². The Bertz CT molecular complexity index is 188. The van der Waals surface area contributed by atoms with Crippen molar-refractivity contribution in [2.45, 2.75) is 12.5 Å². The number of fused-ring (bicyclic) bond motifs is 2. The minimum absolute atomic E-state index is 0.403. The molecule has 2 aliphatic rings. The number of allylic oxidation sites excluding steroid dienone is 1. The van der Waals surface area contributed by atoms with Crippen LogP contribution in [0.2, 0.25) is 0 Å². The van der Waals surface area contributed by atoms with Crippen LogP contribution >= 0.6 is 0 Å². The highest BCUT2D eigenvalue weighted by Crippen LogP contribution is 2.44. The molecule has 0 spiro atoms. The molecule has 1 saturated carbocycles. The second-order valence-electron chi connectivity index (χ2n) is 3.77. The number of ether oxygens (including phenoxy) is 2. The summed E-state index contributed by atoms with van der Waals surface area (Å²) in [5, 5.41) is 0. The van der Waals surface area contributed by atoms with Gasteiger partial charge in [0.2, 0.25) is 0 Å². The molecule has 0 aromatic carbocycles. The molecular weight excluding hydrogens is 152 g/mol. The lowest BCUT2D eigenvalue weighted by molar-refractivity contribution is 0.00836. The zero-order valence-corrected chi connectivity index (χ0v) is 7.69. The highest BCUT2D eigenvalue weighted by atomic mass is 16.5. The molecule has 0 aliphatic heterocycles. The second kappa shape index (κ2) is 3.19. The molecule has 0 radical (unpaired) electrons. The number of methoxy groups -OCH3 is 2. The fourth-order valence-corrected chi connectivity index (χ4v) is 2.64. The molecule has 0 N–H and O–H groups in total. The first-order chi connectivity index (χ1) is 5.86. The molecule has 68 valence electrons. The third-order valence-corrected chi connectivity index (χ3v) is 3.18. The van der Waals surface area contributed by atoms with Crippen LogP contribution in [0.1, 0.15) is 6.42 Å². The maximum atomic E-state index is 5.48. The summed E-state index contributed by atoms with van der Waals surface area (Å²) in [6.45, 7) is 0.837. The fourth-order valence-electron chi connectivity index (χ4n) is 2.64. The van der Waals surface area contributed by atoms with E-state index in [2.05, 4.69) is 12.2 Å². The largest absolute Gasteiger partial charge is 0.384 e. The van der Waals surface area contributed by atoms with Gasteiger partial charge in [0.1, 0.15) is 0 Å². The molecule has 0 aromatic rings. The normalized spacial score (nSPS) is 44.2. The summed E-state index contributed by atoms with van der Waals surface area (Å²) >= 11 is 0. The van der Waals surface area contributed by atoms with E-state index in [-0.39, 0.29) is 0 Å². The van der Waals surface area contributed by atoms with E-state index in [1.165, 1.54) is 6.42 Å². The summed E-state index contributed by atoms with van der Waals surface area (Å²) in [5.41, 5.74) is 0. The van der Waals surface area contributed by atoms with Crippen LogP contribution in [0.5, 0.6) is 0 Å². The van der Waals surface area contributed by atoms with Crippen LogP contribution < -0.4 is 0 Å². The van der Waals surface area contributed by atoms with Crippen LogP contribution in [0.25, 0.3) is 0 Å². The van der Waals surface area contributed by atoms with Crippen molar-refractivity contribution in [3.05, 3.63) is 12.2 Å². The SMILES string of the molecule is COCC1C2C=CC(C2)C1OC. The monoisotopic (exact) mass is 168 g/mol. The molecule has 0 heterocycles. The number of hydrogen-bond donors (Lipinski definition) is 0. The Morgan fingerprint density at radius 1 is 1.25 bits per heavy atom. The molecule has 2 rings (SSSR count). The van der Waals surface area contributed by atoms with Gasteiger partial charge in [-0.3, -0.25) is 0 Å². The van der Waals surface area contributed by atoms with Crippen LogP contribution in [-0.2, 0) is 9.47 Å². The van der Waals surface area contributed by atoms with Crippen molar-refractivity contribution < 1.29 is 9.47 Å². The van der Waals surface area contributed by atoms with Crippen LogP contribution in [0.4, 0.5) is 0 Å². The molecule has 0 aromatic heterocycles. The van der Waals surface area contributed by atoms with Gasteiger partial charge in [-0.25, -0.2) is 0 Å². The average Bonchev–Trinajstić information content (AvgIpc) is 2.64. The van der Waals surface area contributed by atoms with Crippen molar-refractivity contribution in [2.24, 2.45) is 17.8 Å². The quantitative estimate of drug-likeness (QED) is 0.594. The lowest BCUT2D eigenvalue weighted by Gasteiger charge is -2.25. The van der Waals surface area contributed by atoms with E-state index in [4.69, 9.17) is 9.47 Å². The molecule has 2 heteroatoms. The summed E-state index contributed by atoms with van der Waals surface area (Å²) in [6.07, 6.45) is 6.29. The fraction of sp³-hybridized carbons (Fsp3) is 0.800. The van der Waals surface area contributed by atoms with Gasteiger partial charge in [-0.15, -0.1) is 0 Å². The Kier molecular flexibility index (Phi) is 2.20. The number of hydrogen-bond acceptors (Lipinski definition) is 2. The summed E-state index contributed by atoms with van der Waals surface area (Å²) in [7, 11) is 3.57. The van der Waals surface area contributed by atoms with Crippen molar-refractivity contribution in [1.29, 1.82) is 0 Å². The predicted octanol–water partition coefficient (Wildman–Crippen LogP) is 1.47. The smallest absolute Gasteiger partial charge is 0.0689 e. The Hall–Kier alpha value is -0.340. The van der Waals surface area contributed by atoms with E-state index in [0.29, 0.717) is 23.9 Å². The third-order valence-electron chi connectivity index (χ3n) is 3.18. The zero-order valence-electron chi connectivity index (χ0n) is 7.69. The lowest BCUT2D eigenvalue weighted by atomic mass is 9.92. The number of rotatable bonds is 3. The van der Waals surface area contributed by atoms with Gasteiger partial charge in [-0.05, 0) is 12.3 Å². The summed E-state index contributed by atoms with van der Waals surface area (Å²) in [6, 6.07) is 0. The van der Waals surface area contributed by atoms with E-state index >= 15 is 0 Å². The first-order valence-corrected chi connectivity index (χ1v) is 4.57. The Labute approximate surface area is 73.5 Å². The topological polar surface area (TPSA) is 18.5 Å². The summed E-state index contributed by atoms with van der Waals surface area (Å²) in [4.78, 5) is 0. The lowest BCUT2D eigenvalue weighted by Crippen LogP contribution is -2.30. The molecule has 4 unspecified atom stereocenters. The van der Waals surface area contributed by atoms with Gasteiger partial charge < -0.3 is 9.47 Å². The second-order valence-corrected chi connectivity index (χ2v) is 3.77. The predicted molar refractivity (Wildman–Crippen MR) is 46.9 cm³/mol. The molecule has 12 heavy (non-hydrogen) atoms. The van der Waals surface area contributed by atoms with E-state index in [0.717, 1.165) is 6.61 Å². The third kappa shape index (κ3) is 1.10. The van der Waals surface area contributed by atoms with Crippen molar-refractivity contribution >= 4 is 0 Å². The van der Waals surface area contributed by atoms with E-state index in [9.17, 15) is 0 Å². The Balaban J connectivity index is 2.07. The van der Waals surface area contributed by atoms with Crippen molar-refractivity contribution in [2.75, 3.05) is 20.8 Å². The van der Waals surface area contributed by atoms with Crippen molar-refractivity contribution in [1.82, 2.24) is 0 Å². The molecule has 0 amide bonds. The van der Waals surface area contributed by atoms with Gasteiger partial charge >= 0.3 is 0 Å². The van der Waals surface area contributed by atoms with Gasteiger partial charge in [-0.2, -0.15) is 0 Å². The summed E-state index contributed by atoms with van der Waals surface area (Å²) < 4.78 is 10.7. The molecule has 2 bridgehead atoms. The van der Waals surface area contributed by atoms with E-state index < -0.39 is 0 Å². The van der Waals surface area contributed by atoms with Gasteiger partial charge in [0.15, 0.2) is 0 Å². The van der Waals surface area contributed by atoms with Crippen molar-refractivity contribution in [3.63, 3.8) is 0 Å².